The molecule has 3 heterocycles. The molecule has 1 atom stereocenters. The Morgan fingerprint density at radius 1 is 1.27 bits per heavy atom. The molecule has 1 aliphatic heterocycles. The van der Waals surface area contributed by atoms with Crippen molar-refractivity contribution in [2.75, 3.05) is 24.5 Å². The Balaban J connectivity index is 1.67. The second-order valence-corrected chi connectivity index (χ2v) is 6.78. The first-order valence-corrected chi connectivity index (χ1v) is 9.72. The van der Waals surface area contributed by atoms with Crippen molar-refractivity contribution in [2.24, 2.45) is 0 Å². The highest BCUT2D eigenvalue weighted by molar-refractivity contribution is 5.94. The number of nitrogens with zero attached hydrogens (tertiary/aromatic N) is 5. The molecule has 0 N–H and O–H groups in total. The molecule has 0 bridgehead atoms. The highest BCUT2D eigenvalue weighted by atomic mass is 16.2. The van der Waals surface area contributed by atoms with Crippen LogP contribution in [-0.4, -0.2) is 51.2 Å². The van der Waals surface area contributed by atoms with E-state index < -0.39 is 0 Å². The number of amides is 1. The minimum Gasteiger partial charge on any atom is -0.357 e. The number of aromatic nitrogens is 3. The summed E-state index contributed by atoms with van der Waals surface area (Å²) >= 11 is 0. The first-order chi connectivity index (χ1) is 12.7. The minimum atomic E-state index is 0.105. The van der Waals surface area contributed by atoms with Crippen LogP contribution in [-0.2, 0) is 6.54 Å². The summed E-state index contributed by atoms with van der Waals surface area (Å²) in [5.74, 6) is 1.04. The third-order valence-electron chi connectivity index (χ3n) is 5.22. The lowest BCUT2D eigenvalue weighted by Gasteiger charge is -2.36. The van der Waals surface area contributed by atoms with E-state index in [-0.39, 0.29) is 11.9 Å². The van der Waals surface area contributed by atoms with E-state index in [2.05, 4.69) is 28.8 Å². The maximum absolute atomic E-state index is 13.0. The minimum absolute atomic E-state index is 0.105. The van der Waals surface area contributed by atoms with Crippen LogP contribution in [0.3, 0.4) is 0 Å². The third-order valence-corrected chi connectivity index (χ3v) is 5.22. The van der Waals surface area contributed by atoms with Gasteiger partial charge in [-0.1, -0.05) is 0 Å². The summed E-state index contributed by atoms with van der Waals surface area (Å²) in [5, 5.41) is 4.27. The van der Waals surface area contributed by atoms with Crippen LogP contribution in [0.15, 0.2) is 36.8 Å². The molecule has 6 nitrogen and oxygen atoms in total. The second kappa shape index (κ2) is 8.83. The molecule has 1 saturated heterocycles. The first-order valence-electron chi connectivity index (χ1n) is 9.72. The fraction of sp³-hybridized carbons (Fsp3) is 0.550. The van der Waals surface area contributed by atoms with Gasteiger partial charge in [0.15, 0.2) is 0 Å². The summed E-state index contributed by atoms with van der Waals surface area (Å²) in [6, 6.07) is 6.10. The van der Waals surface area contributed by atoms with E-state index in [9.17, 15) is 4.79 Å². The normalized spacial score (nSPS) is 17.3. The summed E-state index contributed by atoms with van der Waals surface area (Å²) in [6.07, 6.45) is 9.78. The van der Waals surface area contributed by atoms with Gasteiger partial charge in [-0.2, -0.15) is 5.10 Å². The smallest absolute Gasteiger partial charge is 0.255 e. The maximum Gasteiger partial charge on any atom is 0.255 e. The van der Waals surface area contributed by atoms with Crippen molar-refractivity contribution in [2.45, 2.75) is 52.1 Å². The Morgan fingerprint density at radius 3 is 2.77 bits per heavy atom. The molecular formula is C20H29N5O. The molecule has 1 amide bonds. The quantitative estimate of drug-likeness (QED) is 0.765. The van der Waals surface area contributed by atoms with Gasteiger partial charge in [-0.25, -0.2) is 4.98 Å². The highest BCUT2D eigenvalue weighted by Crippen LogP contribution is 2.23. The molecule has 3 rings (SSSR count). The van der Waals surface area contributed by atoms with Crippen LogP contribution in [0.2, 0.25) is 0 Å². The maximum atomic E-state index is 13.0. The Bertz CT molecular complexity index is 679. The Labute approximate surface area is 155 Å². The van der Waals surface area contributed by atoms with Gasteiger partial charge in [0, 0.05) is 50.8 Å². The third kappa shape index (κ3) is 4.23. The van der Waals surface area contributed by atoms with Gasteiger partial charge in [0.05, 0.1) is 5.56 Å². The van der Waals surface area contributed by atoms with Crippen LogP contribution < -0.4 is 4.90 Å². The molecule has 0 aromatic carbocycles. The van der Waals surface area contributed by atoms with Crippen molar-refractivity contribution in [1.82, 2.24) is 19.7 Å². The number of piperidine rings is 1. The number of carbonyl (C=O) groups is 1. The zero-order chi connectivity index (χ0) is 18.4. The van der Waals surface area contributed by atoms with Crippen molar-refractivity contribution in [1.29, 1.82) is 0 Å². The Hall–Kier alpha value is -2.37. The number of aryl methyl sites for hydroxylation is 1. The fourth-order valence-corrected chi connectivity index (χ4v) is 3.70. The van der Waals surface area contributed by atoms with Gasteiger partial charge in [0.1, 0.15) is 5.82 Å². The summed E-state index contributed by atoms with van der Waals surface area (Å²) < 4.78 is 1.94. The van der Waals surface area contributed by atoms with Crippen LogP contribution in [0.1, 0.15) is 49.9 Å². The largest absolute Gasteiger partial charge is 0.357 e. The predicted octanol–water partition coefficient (Wildman–Crippen LogP) is 3.21. The van der Waals surface area contributed by atoms with Crippen molar-refractivity contribution >= 4 is 11.7 Å². The topological polar surface area (TPSA) is 54.3 Å². The molecule has 0 spiro atoms. The van der Waals surface area contributed by atoms with Crippen LogP contribution in [0.4, 0.5) is 5.82 Å². The van der Waals surface area contributed by atoms with E-state index in [0.717, 1.165) is 51.3 Å². The van der Waals surface area contributed by atoms with Gasteiger partial charge in [0.2, 0.25) is 0 Å². The van der Waals surface area contributed by atoms with Gasteiger partial charge in [-0.3, -0.25) is 9.48 Å². The Morgan fingerprint density at radius 2 is 2.12 bits per heavy atom. The number of anilines is 1. The summed E-state index contributed by atoms with van der Waals surface area (Å²) in [5.41, 5.74) is 0.687. The number of likely N-dealkylation sites (tertiary alicyclic amines) is 1. The first kappa shape index (κ1) is 18.4. The molecule has 1 fully saturated rings. The lowest BCUT2D eigenvalue weighted by Crippen LogP contribution is -2.44. The summed E-state index contributed by atoms with van der Waals surface area (Å²) in [4.78, 5) is 21.8. The number of rotatable bonds is 7. The van der Waals surface area contributed by atoms with E-state index in [1.807, 2.05) is 34.0 Å². The van der Waals surface area contributed by atoms with Crippen LogP contribution in [0.5, 0.6) is 0 Å². The van der Waals surface area contributed by atoms with Crippen molar-refractivity contribution in [3.8, 4) is 0 Å². The van der Waals surface area contributed by atoms with Crippen molar-refractivity contribution in [3.63, 3.8) is 0 Å². The average molecular weight is 355 g/mol. The monoisotopic (exact) mass is 355 g/mol. The molecule has 1 unspecified atom stereocenters. The van der Waals surface area contributed by atoms with Crippen LogP contribution >= 0.6 is 0 Å². The molecule has 2 aromatic heterocycles. The Kier molecular flexibility index (Phi) is 6.26. The lowest BCUT2D eigenvalue weighted by atomic mass is 9.98. The zero-order valence-corrected chi connectivity index (χ0v) is 15.8. The lowest BCUT2D eigenvalue weighted by molar-refractivity contribution is 0.0593. The van der Waals surface area contributed by atoms with E-state index >= 15 is 0 Å². The number of pyridine rings is 1. The second-order valence-electron chi connectivity index (χ2n) is 6.78. The molecular weight excluding hydrogens is 326 g/mol. The van der Waals surface area contributed by atoms with E-state index in [4.69, 9.17) is 0 Å². The number of hydrogen-bond acceptors (Lipinski definition) is 4. The highest BCUT2D eigenvalue weighted by Gasteiger charge is 2.27. The van der Waals surface area contributed by atoms with E-state index in [0.29, 0.717) is 5.56 Å². The average Bonchev–Trinajstić information content (AvgIpc) is 3.21. The number of hydrogen-bond donors (Lipinski definition) is 0. The molecule has 26 heavy (non-hydrogen) atoms. The molecule has 1 aliphatic rings. The SMILES string of the molecule is CCN(CC)c1ccc(C(=O)N2CCCCC2CCn2cccn2)cn1. The molecule has 2 aromatic rings. The van der Waals surface area contributed by atoms with Gasteiger partial charge >= 0.3 is 0 Å². The van der Waals surface area contributed by atoms with Gasteiger partial charge in [-0.15, -0.1) is 0 Å². The van der Waals surface area contributed by atoms with Crippen molar-refractivity contribution < 1.29 is 4.79 Å². The summed E-state index contributed by atoms with van der Waals surface area (Å²) in [6.45, 7) is 7.74. The van der Waals surface area contributed by atoms with Gasteiger partial charge in [0.25, 0.3) is 5.91 Å². The molecule has 6 heteroatoms. The van der Waals surface area contributed by atoms with E-state index in [1.165, 1.54) is 6.42 Å². The summed E-state index contributed by atoms with van der Waals surface area (Å²) in [7, 11) is 0. The van der Waals surface area contributed by atoms with Gasteiger partial charge in [-0.05, 0) is 57.7 Å². The zero-order valence-electron chi connectivity index (χ0n) is 15.8. The fourth-order valence-electron chi connectivity index (χ4n) is 3.70. The standard InChI is InChI=1S/C20H29N5O/c1-3-23(4-2)19-10-9-17(16-21-19)20(26)25-14-6-5-8-18(25)11-15-24-13-7-12-22-24/h7,9-10,12-13,16,18H,3-6,8,11,14-15H2,1-2H3. The van der Waals surface area contributed by atoms with Crippen LogP contribution in [0, 0.1) is 0 Å². The molecule has 0 radical (unpaired) electrons. The molecule has 140 valence electrons. The van der Waals surface area contributed by atoms with Crippen LogP contribution in [0.25, 0.3) is 0 Å². The number of carbonyl (C=O) groups excluding carboxylic acids is 1. The van der Waals surface area contributed by atoms with E-state index in [1.54, 1.807) is 12.4 Å². The predicted molar refractivity (Wildman–Crippen MR) is 103 cm³/mol. The van der Waals surface area contributed by atoms with Crippen molar-refractivity contribution in [3.05, 3.63) is 42.4 Å². The molecule has 0 saturated carbocycles. The molecule has 0 aliphatic carbocycles. The van der Waals surface area contributed by atoms with Gasteiger partial charge < -0.3 is 9.80 Å².